The SMILES string of the molecule is COC(=O)[C@H](C)N1C(=O)[C@@H]2Cc3ccccc3CN2C1(C)C. The van der Waals surface area contributed by atoms with Crippen LogP contribution < -0.4 is 0 Å². The van der Waals surface area contributed by atoms with E-state index in [1.807, 2.05) is 26.0 Å². The molecule has 0 bridgehead atoms. The van der Waals surface area contributed by atoms with Gasteiger partial charge in [0.2, 0.25) is 5.91 Å². The molecule has 2 aliphatic rings. The Morgan fingerprint density at radius 1 is 1.32 bits per heavy atom. The smallest absolute Gasteiger partial charge is 0.328 e. The summed E-state index contributed by atoms with van der Waals surface area (Å²) in [6, 6.07) is 7.45. The molecule has 0 N–H and O–H groups in total. The summed E-state index contributed by atoms with van der Waals surface area (Å²) in [5.41, 5.74) is 1.97. The molecule has 0 saturated carbocycles. The zero-order valence-electron chi connectivity index (χ0n) is 13.5. The number of hydrogen-bond donors (Lipinski definition) is 0. The summed E-state index contributed by atoms with van der Waals surface area (Å²) < 4.78 is 4.83. The normalized spacial score (nSPS) is 24.6. The highest BCUT2D eigenvalue weighted by Gasteiger charge is 2.55. The fraction of sp³-hybridized carbons (Fsp3) is 0.529. The molecule has 2 atom stereocenters. The summed E-state index contributed by atoms with van der Waals surface area (Å²) in [6.07, 6.45) is 0.697. The predicted octanol–water partition coefficient (Wildman–Crippen LogP) is 1.55. The highest BCUT2D eigenvalue weighted by atomic mass is 16.5. The fourth-order valence-corrected chi connectivity index (χ4v) is 3.83. The Balaban J connectivity index is 1.97. The number of ether oxygens (including phenoxy) is 1. The second kappa shape index (κ2) is 5.09. The van der Waals surface area contributed by atoms with Gasteiger partial charge in [-0.2, -0.15) is 0 Å². The number of fused-ring (bicyclic) bond motifs is 2. The van der Waals surface area contributed by atoms with Gasteiger partial charge in [0.25, 0.3) is 0 Å². The quantitative estimate of drug-likeness (QED) is 0.778. The van der Waals surface area contributed by atoms with Crippen molar-refractivity contribution in [3.05, 3.63) is 35.4 Å². The lowest BCUT2D eigenvalue weighted by Crippen LogP contribution is -2.55. The minimum Gasteiger partial charge on any atom is -0.467 e. The number of esters is 1. The molecule has 1 saturated heterocycles. The van der Waals surface area contributed by atoms with Gasteiger partial charge in [-0.15, -0.1) is 0 Å². The third-order valence-electron chi connectivity index (χ3n) is 4.99. The molecule has 0 aromatic heterocycles. The molecule has 0 aliphatic carbocycles. The Labute approximate surface area is 130 Å². The molecule has 1 fully saturated rings. The monoisotopic (exact) mass is 302 g/mol. The first kappa shape index (κ1) is 15.0. The molecule has 0 radical (unpaired) electrons. The Hall–Kier alpha value is -1.88. The average molecular weight is 302 g/mol. The van der Waals surface area contributed by atoms with Crippen LogP contribution in [0, 0.1) is 0 Å². The van der Waals surface area contributed by atoms with E-state index in [-0.39, 0.29) is 17.9 Å². The molecule has 2 heterocycles. The van der Waals surface area contributed by atoms with E-state index in [0.717, 1.165) is 6.54 Å². The van der Waals surface area contributed by atoms with Gasteiger partial charge in [0.1, 0.15) is 6.04 Å². The lowest BCUT2D eigenvalue weighted by molar-refractivity contribution is -0.154. The van der Waals surface area contributed by atoms with Crippen LogP contribution in [0.3, 0.4) is 0 Å². The Morgan fingerprint density at radius 3 is 2.59 bits per heavy atom. The summed E-state index contributed by atoms with van der Waals surface area (Å²) in [5, 5.41) is 0. The van der Waals surface area contributed by atoms with Crippen molar-refractivity contribution in [3.8, 4) is 0 Å². The van der Waals surface area contributed by atoms with E-state index >= 15 is 0 Å². The van der Waals surface area contributed by atoms with Crippen LogP contribution in [0.2, 0.25) is 0 Å². The predicted molar refractivity (Wildman–Crippen MR) is 81.9 cm³/mol. The first-order chi connectivity index (χ1) is 10.4. The molecule has 0 spiro atoms. The van der Waals surface area contributed by atoms with Gasteiger partial charge in [0, 0.05) is 6.54 Å². The van der Waals surface area contributed by atoms with Crippen molar-refractivity contribution in [3.63, 3.8) is 0 Å². The summed E-state index contributed by atoms with van der Waals surface area (Å²) >= 11 is 0. The highest BCUT2D eigenvalue weighted by Crippen LogP contribution is 2.39. The first-order valence-corrected chi connectivity index (χ1v) is 7.62. The number of rotatable bonds is 2. The van der Waals surface area contributed by atoms with E-state index < -0.39 is 11.7 Å². The molecule has 1 aromatic carbocycles. The third-order valence-corrected chi connectivity index (χ3v) is 4.99. The second-order valence-corrected chi connectivity index (χ2v) is 6.52. The minimum absolute atomic E-state index is 0.0115. The molecular formula is C17H22N2O3. The van der Waals surface area contributed by atoms with Crippen LogP contribution >= 0.6 is 0 Å². The van der Waals surface area contributed by atoms with Crippen LogP contribution in [0.1, 0.15) is 31.9 Å². The summed E-state index contributed by atoms with van der Waals surface area (Å²) in [7, 11) is 1.36. The standard InChI is InChI=1S/C17H22N2O3/c1-11(16(21)22-4)19-15(20)14-9-12-7-5-6-8-13(12)10-18(14)17(19,2)3/h5-8,11,14H,9-10H2,1-4H3/t11-,14-/m0/s1. The molecule has 5 heteroatoms. The number of benzene rings is 1. The Bertz CT molecular complexity index is 626. The number of carbonyl (C=O) groups excluding carboxylic acids is 2. The molecular weight excluding hydrogens is 280 g/mol. The van der Waals surface area contributed by atoms with Gasteiger partial charge < -0.3 is 9.64 Å². The molecule has 22 heavy (non-hydrogen) atoms. The molecule has 3 rings (SSSR count). The van der Waals surface area contributed by atoms with E-state index in [1.165, 1.54) is 18.2 Å². The third kappa shape index (κ3) is 2.03. The van der Waals surface area contributed by atoms with Crippen LogP contribution in [0.15, 0.2) is 24.3 Å². The number of methoxy groups -OCH3 is 1. The fourth-order valence-electron chi connectivity index (χ4n) is 3.83. The molecule has 118 valence electrons. The summed E-state index contributed by atoms with van der Waals surface area (Å²) in [4.78, 5) is 28.7. The van der Waals surface area contributed by atoms with Gasteiger partial charge in [0.05, 0.1) is 18.8 Å². The van der Waals surface area contributed by atoms with Gasteiger partial charge in [-0.3, -0.25) is 9.69 Å². The highest BCUT2D eigenvalue weighted by molar-refractivity contribution is 5.90. The lowest BCUT2D eigenvalue weighted by Gasteiger charge is -2.42. The maximum atomic E-state index is 12.9. The lowest BCUT2D eigenvalue weighted by atomic mass is 9.94. The average Bonchev–Trinajstić information content (AvgIpc) is 2.70. The van der Waals surface area contributed by atoms with Crippen molar-refractivity contribution < 1.29 is 14.3 Å². The number of carbonyl (C=O) groups is 2. The molecule has 1 amide bonds. The largest absolute Gasteiger partial charge is 0.467 e. The zero-order chi connectivity index (χ0) is 16.1. The first-order valence-electron chi connectivity index (χ1n) is 7.62. The maximum Gasteiger partial charge on any atom is 0.328 e. The number of amides is 1. The Kier molecular flexibility index (Phi) is 3.48. The minimum atomic E-state index is -0.582. The van der Waals surface area contributed by atoms with E-state index in [0.29, 0.717) is 6.42 Å². The van der Waals surface area contributed by atoms with Gasteiger partial charge in [-0.1, -0.05) is 24.3 Å². The molecule has 2 aliphatic heterocycles. The Morgan fingerprint density at radius 2 is 1.95 bits per heavy atom. The molecule has 1 aromatic rings. The van der Waals surface area contributed by atoms with E-state index in [9.17, 15) is 9.59 Å². The molecule has 0 unspecified atom stereocenters. The van der Waals surface area contributed by atoms with Crippen molar-refractivity contribution in [2.75, 3.05) is 7.11 Å². The second-order valence-electron chi connectivity index (χ2n) is 6.52. The van der Waals surface area contributed by atoms with E-state index in [1.54, 1.807) is 11.8 Å². The van der Waals surface area contributed by atoms with Crippen molar-refractivity contribution in [2.24, 2.45) is 0 Å². The van der Waals surface area contributed by atoms with Crippen LogP contribution in [-0.4, -0.2) is 46.5 Å². The maximum absolute atomic E-state index is 12.9. The zero-order valence-corrected chi connectivity index (χ0v) is 13.5. The van der Waals surface area contributed by atoms with Crippen molar-refractivity contribution in [1.29, 1.82) is 0 Å². The van der Waals surface area contributed by atoms with Gasteiger partial charge in [-0.25, -0.2) is 4.79 Å². The number of hydrogen-bond acceptors (Lipinski definition) is 4. The summed E-state index contributed by atoms with van der Waals surface area (Å²) in [6.45, 7) is 6.46. The van der Waals surface area contributed by atoms with Crippen molar-refractivity contribution in [1.82, 2.24) is 9.80 Å². The van der Waals surface area contributed by atoms with Crippen molar-refractivity contribution in [2.45, 2.75) is 51.5 Å². The van der Waals surface area contributed by atoms with Gasteiger partial charge in [0.15, 0.2) is 0 Å². The van der Waals surface area contributed by atoms with Gasteiger partial charge >= 0.3 is 5.97 Å². The van der Waals surface area contributed by atoms with E-state index in [2.05, 4.69) is 17.0 Å². The van der Waals surface area contributed by atoms with Crippen LogP contribution in [-0.2, 0) is 27.3 Å². The molecule has 5 nitrogen and oxygen atoms in total. The van der Waals surface area contributed by atoms with Crippen LogP contribution in [0.4, 0.5) is 0 Å². The van der Waals surface area contributed by atoms with E-state index in [4.69, 9.17) is 4.74 Å². The topological polar surface area (TPSA) is 49.9 Å². The van der Waals surface area contributed by atoms with Crippen LogP contribution in [0.25, 0.3) is 0 Å². The number of nitrogens with zero attached hydrogens (tertiary/aromatic N) is 2. The van der Waals surface area contributed by atoms with Crippen molar-refractivity contribution >= 4 is 11.9 Å². The summed E-state index contributed by atoms with van der Waals surface area (Å²) in [5.74, 6) is -0.365. The van der Waals surface area contributed by atoms with Crippen LogP contribution in [0.5, 0.6) is 0 Å². The van der Waals surface area contributed by atoms with Gasteiger partial charge in [-0.05, 0) is 38.3 Å².